The predicted octanol–water partition coefficient (Wildman–Crippen LogP) is 1.76. The van der Waals surface area contributed by atoms with Crippen molar-refractivity contribution in [3.8, 4) is 17.1 Å². The van der Waals surface area contributed by atoms with E-state index in [9.17, 15) is 4.79 Å². The number of benzene rings is 2. The highest BCUT2D eigenvalue weighted by Crippen LogP contribution is 2.26. The van der Waals surface area contributed by atoms with Gasteiger partial charge in [0.25, 0.3) is 0 Å². The number of aromatic nitrogens is 4. The number of methoxy groups -OCH3 is 1. The molecule has 0 spiro atoms. The summed E-state index contributed by atoms with van der Waals surface area (Å²) in [4.78, 5) is 22.0. The molecule has 1 aliphatic heterocycles. The number of hydrogen-bond acceptors (Lipinski definition) is 7. The van der Waals surface area contributed by atoms with Gasteiger partial charge in [-0.15, -0.1) is 5.10 Å². The van der Waals surface area contributed by atoms with Gasteiger partial charge in [0.1, 0.15) is 11.8 Å². The molecule has 31 heavy (non-hydrogen) atoms. The van der Waals surface area contributed by atoms with E-state index in [1.54, 1.807) is 11.6 Å². The first-order chi connectivity index (χ1) is 15.1. The van der Waals surface area contributed by atoms with Crippen molar-refractivity contribution >= 4 is 28.4 Å². The number of rotatable bonds is 4. The predicted molar refractivity (Wildman–Crippen MR) is 118 cm³/mol. The summed E-state index contributed by atoms with van der Waals surface area (Å²) in [6, 6.07) is 13.2. The maximum Gasteiger partial charge on any atom is 0.243 e. The third-order valence-corrected chi connectivity index (χ3v) is 5.35. The maximum absolute atomic E-state index is 12.5. The first-order valence-corrected chi connectivity index (χ1v) is 10.2. The SMILES string of the molecule is COc1ccc(-c2nc3c4ccc(C)cc4nc(N[C@@H]4CNCCNC4=O)n3n2)cc1. The van der Waals surface area contributed by atoms with Crippen molar-refractivity contribution in [1.82, 2.24) is 30.2 Å². The molecular formula is C22H23N7O2. The Hall–Kier alpha value is -3.72. The smallest absolute Gasteiger partial charge is 0.243 e. The summed E-state index contributed by atoms with van der Waals surface area (Å²) in [5, 5.41) is 15.0. The molecule has 5 rings (SSSR count). The fourth-order valence-electron chi connectivity index (χ4n) is 3.68. The molecule has 2 aromatic heterocycles. The molecule has 1 amide bonds. The second kappa shape index (κ2) is 7.84. The molecule has 0 radical (unpaired) electrons. The van der Waals surface area contributed by atoms with Crippen LogP contribution in [0, 0.1) is 6.92 Å². The maximum atomic E-state index is 12.5. The minimum Gasteiger partial charge on any atom is -0.497 e. The van der Waals surface area contributed by atoms with Gasteiger partial charge in [0, 0.05) is 30.6 Å². The van der Waals surface area contributed by atoms with Crippen LogP contribution in [-0.4, -0.2) is 58.3 Å². The van der Waals surface area contributed by atoms with Crippen LogP contribution in [0.4, 0.5) is 5.95 Å². The van der Waals surface area contributed by atoms with Gasteiger partial charge in [-0.2, -0.15) is 4.52 Å². The van der Waals surface area contributed by atoms with Crippen LogP contribution in [0.2, 0.25) is 0 Å². The van der Waals surface area contributed by atoms with Crippen LogP contribution in [0.25, 0.3) is 27.9 Å². The van der Waals surface area contributed by atoms with Crippen molar-refractivity contribution in [1.29, 1.82) is 0 Å². The molecule has 0 saturated carbocycles. The molecule has 0 bridgehead atoms. The van der Waals surface area contributed by atoms with Gasteiger partial charge in [-0.25, -0.2) is 9.97 Å². The lowest BCUT2D eigenvalue weighted by atomic mass is 10.1. The number of aryl methyl sites for hydroxylation is 1. The van der Waals surface area contributed by atoms with E-state index < -0.39 is 6.04 Å². The molecular weight excluding hydrogens is 394 g/mol. The van der Waals surface area contributed by atoms with Gasteiger partial charge in [-0.1, -0.05) is 6.07 Å². The van der Waals surface area contributed by atoms with E-state index in [0.29, 0.717) is 30.5 Å². The second-order valence-electron chi connectivity index (χ2n) is 7.55. The van der Waals surface area contributed by atoms with Crippen LogP contribution >= 0.6 is 0 Å². The third kappa shape index (κ3) is 3.64. The number of carbonyl (C=O) groups excluding carboxylic acids is 1. The molecule has 0 unspecified atom stereocenters. The lowest BCUT2D eigenvalue weighted by Gasteiger charge is -2.16. The third-order valence-electron chi connectivity index (χ3n) is 5.35. The standard InChI is InChI=1S/C22H23N7O2/c1-13-3-8-16-17(11-13)25-22(26-18-12-23-9-10-24-21(18)30)29-20(16)27-19(28-29)14-4-6-15(31-2)7-5-14/h3-8,11,18,23H,9-10,12H2,1-2H3,(H,24,30)(H,25,26)/t18-/m1/s1. The molecule has 1 fully saturated rings. The first kappa shape index (κ1) is 19.3. The average molecular weight is 417 g/mol. The minimum absolute atomic E-state index is 0.0696. The van der Waals surface area contributed by atoms with Crippen molar-refractivity contribution in [2.75, 3.05) is 32.1 Å². The molecule has 9 heteroatoms. The van der Waals surface area contributed by atoms with E-state index >= 15 is 0 Å². The van der Waals surface area contributed by atoms with Crippen LogP contribution < -0.4 is 20.7 Å². The fourth-order valence-corrected chi connectivity index (χ4v) is 3.68. The number of nitrogens with zero attached hydrogens (tertiary/aromatic N) is 4. The van der Waals surface area contributed by atoms with E-state index in [0.717, 1.165) is 34.3 Å². The Morgan fingerprint density at radius 1 is 1.13 bits per heavy atom. The van der Waals surface area contributed by atoms with E-state index in [2.05, 4.69) is 16.0 Å². The van der Waals surface area contributed by atoms with E-state index in [-0.39, 0.29) is 5.91 Å². The van der Waals surface area contributed by atoms with Gasteiger partial charge in [0.2, 0.25) is 11.9 Å². The molecule has 158 valence electrons. The zero-order chi connectivity index (χ0) is 21.4. The van der Waals surface area contributed by atoms with Gasteiger partial charge in [0.05, 0.1) is 12.6 Å². The summed E-state index contributed by atoms with van der Waals surface area (Å²) in [6.45, 7) is 3.85. The van der Waals surface area contributed by atoms with E-state index in [4.69, 9.17) is 19.8 Å². The number of nitrogens with one attached hydrogen (secondary N) is 3. The van der Waals surface area contributed by atoms with Crippen LogP contribution in [-0.2, 0) is 4.79 Å². The quantitative estimate of drug-likeness (QED) is 0.465. The molecule has 3 N–H and O–H groups in total. The largest absolute Gasteiger partial charge is 0.497 e. The summed E-state index contributed by atoms with van der Waals surface area (Å²) < 4.78 is 6.92. The zero-order valence-electron chi connectivity index (χ0n) is 17.3. The Morgan fingerprint density at radius 3 is 2.77 bits per heavy atom. The molecule has 2 aromatic carbocycles. The Labute approximate surface area is 178 Å². The zero-order valence-corrected chi connectivity index (χ0v) is 17.3. The minimum atomic E-state index is -0.464. The second-order valence-corrected chi connectivity index (χ2v) is 7.55. The van der Waals surface area contributed by atoms with Crippen molar-refractivity contribution in [2.45, 2.75) is 13.0 Å². The summed E-state index contributed by atoms with van der Waals surface area (Å²) >= 11 is 0. The van der Waals surface area contributed by atoms with Crippen molar-refractivity contribution < 1.29 is 9.53 Å². The topological polar surface area (TPSA) is 105 Å². The molecule has 1 aliphatic rings. The number of carbonyl (C=O) groups is 1. The number of ether oxygens (including phenoxy) is 1. The Morgan fingerprint density at radius 2 is 1.97 bits per heavy atom. The van der Waals surface area contributed by atoms with Crippen molar-refractivity contribution in [3.05, 3.63) is 48.0 Å². The van der Waals surface area contributed by atoms with Crippen molar-refractivity contribution in [2.24, 2.45) is 0 Å². The fraction of sp³-hybridized carbons (Fsp3) is 0.273. The van der Waals surface area contributed by atoms with Crippen molar-refractivity contribution in [3.63, 3.8) is 0 Å². The van der Waals surface area contributed by atoms with Crippen LogP contribution in [0.3, 0.4) is 0 Å². The molecule has 1 saturated heterocycles. The highest BCUT2D eigenvalue weighted by molar-refractivity contribution is 5.94. The number of anilines is 1. The highest BCUT2D eigenvalue weighted by Gasteiger charge is 2.23. The van der Waals surface area contributed by atoms with Gasteiger partial charge in [-0.05, 0) is 48.9 Å². The summed E-state index contributed by atoms with van der Waals surface area (Å²) in [5.74, 6) is 1.75. The summed E-state index contributed by atoms with van der Waals surface area (Å²) in [6.07, 6.45) is 0. The molecule has 9 nitrogen and oxygen atoms in total. The van der Waals surface area contributed by atoms with Gasteiger partial charge >= 0.3 is 0 Å². The van der Waals surface area contributed by atoms with Crippen LogP contribution in [0.1, 0.15) is 5.56 Å². The normalized spacial score (nSPS) is 16.8. The molecule has 3 heterocycles. The Kier molecular flexibility index (Phi) is 4.87. The van der Waals surface area contributed by atoms with Gasteiger partial charge in [-0.3, -0.25) is 4.79 Å². The van der Waals surface area contributed by atoms with E-state index in [1.807, 2.05) is 49.4 Å². The first-order valence-electron chi connectivity index (χ1n) is 10.2. The lowest BCUT2D eigenvalue weighted by Crippen LogP contribution is -2.42. The Bertz CT molecular complexity index is 1270. The average Bonchev–Trinajstić information content (AvgIpc) is 3.13. The lowest BCUT2D eigenvalue weighted by molar-refractivity contribution is -0.121. The summed E-state index contributed by atoms with van der Waals surface area (Å²) in [5.41, 5.74) is 3.44. The number of fused-ring (bicyclic) bond motifs is 3. The van der Waals surface area contributed by atoms with Crippen LogP contribution in [0.5, 0.6) is 5.75 Å². The number of hydrogen-bond donors (Lipinski definition) is 3. The van der Waals surface area contributed by atoms with Gasteiger partial charge in [0.15, 0.2) is 11.5 Å². The van der Waals surface area contributed by atoms with Crippen LogP contribution in [0.15, 0.2) is 42.5 Å². The highest BCUT2D eigenvalue weighted by atomic mass is 16.5. The molecule has 1 atom stereocenters. The summed E-state index contributed by atoms with van der Waals surface area (Å²) in [7, 11) is 1.63. The van der Waals surface area contributed by atoms with E-state index in [1.165, 1.54) is 0 Å². The number of amides is 1. The molecule has 0 aliphatic carbocycles. The van der Waals surface area contributed by atoms with Gasteiger partial charge < -0.3 is 20.7 Å². The monoisotopic (exact) mass is 417 g/mol. The molecule has 4 aromatic rings. The Balaban J connectivity index is 1.65.